The summed E-state index contributed by atoms with van der Waals surface area (Å²) in [6.07, 6.45) is 1.09. The van der Waals surface area contributed by atoms with Gasteiger partial charge < -0.3 is 10.6 Å². The molecule has 2 aliphatic heterocycles. The van der Waals surface area contributed by atoms with E-state index in [1.165, 1.54) is 0 Å². The van der Waals surface area contributed by atoms with Crippen LogP contribution in [-0.4, -0.2) is 35.7 Å². The summed E-state index contributed by atoms with van der Waals surface area (Å²) < 4.78 is 0. The van der Waals surface area contributed by atoms with E-state index in [4.69, 9.17) is 16.9 Å². The Morgan fingerprint density at radius 1 is 1.48 bits per heavy atom. The van der Waals surface area contributed by atoms with Gasteiger partial charge in [-0.3, -0.25) is 4.79 Å². The lowest BCUT2D eigenvalue weighted by Crippen LogP contribution is -2.51. The van der Waals surface area contributed by atoms with Crippen LogP contribution in [0, 0.1) is 17.2 Å². The molecule has 122 valence electrons. The fraction of sp³-hybridized carbons (Fsp3) is 0.500. The zero-order valence-electron chi connectivity index (χ0n) is 12.9. The van der Waals surface area contributed by atoms with Crippen LogP contribution in [0.4, 0.5) is 5.69 Å². The van der Waals surface area contributed by atoms with Crippen molar-refractivity contribution in [3.63, 3.8) is 0 Å². The minimum atomic E-state index is -0.206. The van der Waals surface area contributed by atoms with E-state index in [-0.39, 0.29) is 30.1 Å². The molecule has 7 heteroatoms. The molecule has 2 saturated heterocycles. The number of halogens is 1. The second-order valence-electron chi connectivity index (χ2n) is 6.05. The summed E-state index contributed by atoms with van der Waals surface area (Å²) in [6, 6.07) is 9.76. The summed E-state index contributed by atoms with van der Waals surface area (Å²) in [5, 5.41) is 18.0. The van der Waals surface area contributed by atoms with Gasteiger partial charge in [-0.05, 0) is 37.6 Å². The number of fused-ring (bicyclic) bond motifs is 1. The van der Waals surface area contributed by atoms with Gasteiger partial charge >= 0.3 is 0 Å². The second kappa shape index (κ2) is 6.75. The van der Waals surface area contributed by atoms with Crippen LogP contribution in [0.5, 0.6) is 0 Å². The largest absolute Gasteiger partial charge is 0.368 e. The molecule has 0 spiro atoms. The maximum Gasteiger partial charge on any atom is 0.228 e. The van der Waals surface area contributed by atoms with Gasteiger partial charge in [0.1, 0.15) is 6.17 Å². The van der Waals surface area contributed by atoms with Crippen LogP contribution in [0.3, 0.4) is 0 Å². The number of piperidine rings is 1. The van der Waals surface area contributed by atoms with Crippen LogP contribution in [0.25, 0.3) is 0 Å². The molecule has 4 unspecified atom stereocenters. The highest BCUT2D eigenvalue weighted by Crippen LogP contribution is 2.30. The maximum absolute atomic E-state index is 12.4. The lowest BCUT2D eigenvalue weighted by molar-refractivity contribution is -0.127. The first-order valence-corrected chi connectivity index (χ1v) is 8.19. The number of carbonyl (C=O) groups excluding carboxylic acids is 1. The lowest BCUT2D eigenvalue weighted by Gasteiger charge is -2.33. The van der Waals surface area contributed by atoms with Gasteiger partial charge in [-0.1, -0.05) is 11.6 Å². The van der Waals surface area contributed by atoms with E-state index in [1.54, 1.807) is 0 Å². The van der Waals surface area contributed by atoms with Gasteiger partial charge in [0.15, 0.2) is 0 Å². The van der Waals surface area contributed by atoms with Crippen molar-refractivity contribution in [2.45, 2.75) is 38.0 Å². The van der Waals surface area contributed by atoms with Gasteiger partial charge in [-0.25, -0.2) is 10.4 Å². The van der Waals surface area contributed by atoms with Crippen molar-refractivity contribution < 1.29 is 4.79 Å². The van der Waals surface area contributed by atoms with E-state index in [1.807, 2.05) is 31.2 Å². The number of hydrogen-bond acceptors (Lipinski definition) is 5. The molecule has 3 N–H and O–H groups in total. The van der Waals surface area contributed by atoms with Gasteiger partial charge in [-0.2, -0.15) is 5.26 Å². The monoisotopic (exact) mass is 333 g/mol. The smallest absolute Gasteiger partial charge is 0.228 e. The average Bonchev–Trinajstić information content (AvgIpc) is 2.90. The van der Waals surface area contributed by atoms with Crippen molar-refractivity contribution in [3.05, 3.63) is 29.3 Å². The number of nitrogens with zero attached hydrogens (tertiary/aromatic N) is 2. The van der Waals surface area contributed by atoms with E-state index < -0.39 is 0 Å². The number of rotatable bonds is 4. The Morgan fingerprint density at radius 3 is 2.91 bits per heavy atom. The molecule has 4 atom stereocenters. The summed E-state index contributed by atoms with van der Waals surface area (Å²) in [4.78, 5) is 12.4. The van der Waals surface area contributed by atoms with Crippen molar-refractivity contribution in [1.29, 1.82) is 5.26 Å². The van der Waals surface area contributed by atoms with Crippen molar-refractivity contribution in [2.24, 2.45) is 5.92 Å². The molecule has 0 aromatic heterocycles. The number of hydrogen-bond donors (Lipinski definition) is 3. The number of anilines is 1. The number of benzene rings is 1. The number of carbonyl (C=O) groups is 1. The summed E-state index contributed by atoms with van der Waals surface area (Å²) in [5.74, 6) is -0.146. The summed E-state index contributed by atoms with van der Waals surface area (Å²) in [6.45, 7) is 2.68. The molecule has 0 radical (unpaired) electrons. The Labute approximate surface area is 140 Å². The molecule has 2 heterocycles. The van der Waals surface area contributed by atoms with Crippen LogP contribution < -0.4 is 16.1 Å². The van der Waals surface area contributed by atoms with Crippen molar-refractivity contribution >= 4 is 23.2 Å². The molecule has 0 bridgehead atoms. The Kier molecular flexibility index (Phi) is 4.71. The molecule has 0 saturated carbocycles. The first-order valence-electron chi connectivity index (χ1n) is 7.81. The minimum absolute atomic E-state index is 0.0480. The van der Waals surface area contributed by atoms with Gasteiger partial charge in [0.25, 0.3) is 0 Å². The van der Waals surface area contributed by atoms with E-state index >= 15 is 0 Å². The SMILES string of the molecule is CC(CC#N)N1NC(Nc2ccc(Cl)cc2)C2C(=O)NCCC21. The number of hydrazine groups is 1. The number of nitrogens with one attached hydrogen (secondary N) is 3. The zero-order valence-corrected chi connectivity index (χ0v) is 13.7. The second-order valence-corrected chi connectivity index (χ2v) is 6.49. The first-order chi connectivity index (χ1) is 11.1. The van der Waals surface area contributed by atoms with Crippen LogP contribution in [0.2, 0.25) is 5.02 Å². The van der Waals surface area contributed by atoms with Gasteiger partial charge in [0.05, 0.1) is 18.4 Å². The third kappa shape index (κ3) is 3.27. The molecular weight excluding hydrogens is 314 g/mol. The zero-order chi connectivity index (χ0) is 16.4. The normalized spacial score (nSPS) is 28.6. The number of amides is 1. The highest BCUT2D eigenvalue weighted by Gasteiger charge is 2.48. The minimum Gasteiger partial charge on any atom is -0.368 e. The quantitative estimate of drug-likeness (QED) is 0.781. The number of nitriles is 1. The summed E-state index contributed by atoms with van der Waals surface area (Å²) in [5.41, 5.74) is 4.29. The molecule has 1 aromatic carbocycles. The summed E-state index contributed by atoms with van der Waals surface area (Å²) in [7, 11) is 0. The highest BCUT2D eigenvalue weighted by atomic mass is 35.5. The van der Waals surface area contributed by atoms with E-state index in [0.717, 1.165) is 12.1 Å². The van der Waals surface area contributed by atoms with Crippen molar-refractivity contribution in [1.82, 2.24) is 15.8 Å². The molecule has 2 fully saturated rings. The summed E-state index contributed by atoms with van der Waals surface area (Å²) >= 11 is 5.92. The van der Waals surface area contributed by atoms with Crippen LogP contribution in [-0.2, 0) is 4.79 Å². The maximum atomic E-state index is 12.4. The molecule has 1 amide bonds. The third-order valence-electron chi connectivity index (χ3n) is 4.49. The molecule has 1 aromatic rings. The Morgan fingerprint density at radius 2 is 2.22 bits per heavy atom. The van der Waals surface area contributed by atoms with Crippen LogP contribution in [0.1, 0.15) is 19.8 Å². The highest BCUT2D eigenvalue weighted by molar-refractivity contribution is 6.30. The van der Waals surface area contributed by atoms with E-state index in [2.05, 4.69) is 27.1 Å². The topological polar surface area (TPSA) is 80.2 Å². The Bertz CT molecular complexity index is 614. The molecule has 6 nitrogen and oxygen atoms in total. The molecule has 0 aliphatic carbocycles. The molecular formula is C16H20ClN5O. The average molecular weight is 334 g/mol. The third-order valence-corrected chi connectivity index (χ3v) is 4.74. The van der Waals surface area contributed by atoms with E-state index in [0.29, 0.717) is 18.0 Å². The van der Waals surface area contributed by atoms with Gasteiger partial charge in [0, 0.05) is 29.3 Å². The standard InChI is InChI=1S/C16H20ClN5O/c1-10(6-8-18)22-13-7-9-19-16(23)14(13)15(21-22)20-12-4-2-11(17)3-5-12/h2-5,10,13-15,20-21H,6-7,9H2,1H3,(H,19,23). The fourth-order valence-electron chi connectivity index (χ4n) is 3.37. The van der Waals surface area contributed by atoms with Crippen molar-refractivity contribution in [2.75, 3.05) is 11.9 Å². The van der Waals surface area contributed by atoms with Gasteiger partial charge in [0.2, 0.25) is 5.91 Å². The lowest BCUT2D eigenvalue weighted by atomic mass is 9.90. The van der Waals surface area contributed by atoms with E-state index in [9.17, 15) is 4.79 Å². The fourth-order valence-corrected chi connectivity index (χ4v) is 3.50. The molecule has 2 aliphatic rings. The Hall–Kier alpha value is -1.81. The van der Waals surface area contributed by atoms with Gasteiger partial charge in [-0.15, -0.1) is 0 Å². The first kappa shape index (κ1) is 16.1. The molecule has 23 heavy (non-hydrogen) atoms. The Balaban J connectivity index is 1.80. The van der Waals surface area contributed by atoms with Crippen LogP contribution in [0.15, 0.2) is 24.3 Å². The molecule has 3 rings (SSSR count). The predicted octanol–water partition coefficient (Wildman–Crippen LogP) is 1.71. The predicted molar refractivity (Wildman–Crippen MR) is 88.4 cm³/mol. The van der Waals surface area contributed by atoms with Crippen LogP contribution >= 0.6 is 11.6 Å². The van der Waals surface area contributed by atoms with Crippen molar-refractivity contribution in [3.8, 4) is 6.07 Å².